The lowest BCUT2D eigenvalue weighted by atomic mass is 9.99. The standard InChI is InChI=1S/C10H9ClO3/c1-10(11,9(13)14)8(12)7-5-3-2-4-6-7/h2-6H,1H3,(H,13,14). The normalized spacial score (nSPS) is 14.4. The van der Waals surface area contributed by atoms with Crippen LogP contribution in [0.25, 0.3) is 0 Å². The maximum absolute atomic E-state index is 11.6. The number of hydrogen-bond acceptors (Lipinski definition) is 2. The Morgan fingerprint density at radius 3 is 2.21 bits per heavy atom. The molecule has 1 rings (SSSR count). The van der Waals surface area contributed by atoms with Crippen molar-refractivity contribution in [3.05, 3.63) is 35.9 Å². The molecular weight excluding hydrogens is 204 g/mol. The molecule has 3 nitrogen and oxygen atoms in total. The molecule has 0 saturated heterocycles. The Labute approximate surface area is 86.3 Å². The van der Waals surface area contributed by atoms with Crippen molar-refractivity contribution in [3.8, 4) is 0 Å². The van der Waals surface area contributed by atoms with Gasteiger partial charge in [0, 0.05) is 5.56 Å². The number of carbonyl (C=O) groups is 2. The van der Waals surface area contributed by atoms with E-state index in [4.69, 9.17) is 16.7 Å². The molecule has 0 amide bonds. The predicted octanol–water partition coefficient (Wildman–Crippen LogP) is 1.95. The minimum Gasteiger partial charge on any atom is -0.480 e. The number of benzene rings is 1. The second-order valence-corrected chi connectivity index (χ2v) is 3.76. The lowest BCUT2D eigenvalue weighted by Crippen LogP contribution is -2.37. The van der Waals surface area contributed by atoms with E-state index < -0.39 is 16.6 Å². The van der Waals surface area contributed by atoms with Gasteiger partial charge in [-0.3, -0.25) is 4.79 Å². The number of hydrogen-bond donors (Lipinski definition) is 1. The molecule has 0 heterocycles. The summed E-state index contributed by atoms with van der Waals surface area (Å²) in [6, 6.07) is 8.12. The molecule has 0 aliphatic carbocycles. The van der Waals surface area contributed by atoms with Gasteiger partial charge in [0.15, 0.2) is 5.78 Å². The molecular formula is C10H9ClO3. The number of rotatable bonds is 3. The Hall–Kier alpha value is -1.35. The van der Waals surface area contributed by atoms with E-state index in [0.717, 1.165) is 0 Å². The van der Waals surface area contributed by atoms with Gasteiger partial charge in [-0.15, -0.1) is 0 Å². The fourth-order valence-electron chi connectivity index (χ4n) is 0.958. The lowest BCUT2D eigenvalue weighted by Gasteiger charge is -2.14. The predicted molar refractivity (Wildman–Crippen MR) is 52.7 cm³/mol. The number of carboxylic acids is 1. The Balaban J connectivity index is 3.03. The van der Waals surface area contributed by atoms with Gasteiger partial charge in [0.05, 0.1) is 0 Å². The zero-order valence-electron chi connectivity index (χ0n) is 7.53. The summed E-state index contributed by atoms with van der Waals surface area (Å²) in [6.45, 7) is 1.17. The van der Waals surface area contributed by atoms with Gasteiger partial charge < -0.3 is 5.11 Å². The first kappa shape index (κ1) is 10.7. The third-order valence-corrected chi connectivity index (χ3v) is 2.20. The maximum Gasteiger partial charge on any atom is 0.332 e. The van der Waals surface area contributed by atoms with Crippen LogP contribution >= 0.6 is 11.6 Å². The molecule has 0 aromatic heterocycles. The van der Waals surface area contributed by atoms with Gasteiger partial charge in [-0.1, -0.05) is 41.9 Å². The molecule has 1 aromatic rings. The van der Waals surface area contributed by atoms with Gasteiger partial charge in [0.1, 0.15) is 0 Å². The fourth-order valence-corrected chi connectivity index (χ4v) is 1.07. The van der Waals surface area contributed by atoms with Crippen molar-refractivity contribution in [2.45, 2.75) is 11.8 Å². The maximum atomic E-state index is 11.6. The average molecular weight is 213 g/mol. The summed E-state index contributed by atoms with van der Waals surface area (Å²) in [5, 5.41) is 8.72. The van der Waals surface area contributed by atoms with Crippen LogP contribution in [-0.4, -0.2) is 21.7 Å². The molecule has 74 valence electrons. The van der Waals surface area contributed by atoms with E-state index in [9.17, 15) is 9.59 Å². The number of ketones is 1. The summed E-state index contributed by atoms with van der Waals surface area (Å²) in [4.78, 5) is 20.4. The summed E-state index contributed by atoms with van der Waals surface area (Å²) in [7, 11) is 0. The largest absolute Gasteiger partial charge is 0.480 e. The zero-order valence-corrected chi connectivity index (χ0v) is 8.28. The van der Waals surface area contributed by atoms with Crippen LogP contribution in [0.4, 0.5) is 0 Å². The minimum atomic E-state index is -1.89. The average Bonchev–Trinajstić information content (AvgIpc) is 2.17. The quantitative estimate of drug-likeness (QED) is 0.473. The van der Waals surface area contributed by atoms with Crippen molar-refractivity contribution in [2.75, 3.05) is 0 Å². The van der Waals surface area contributed by atoms with Crippen molar-refractivity contribution in [3.63, 3.8) is 0 Å². The van der Waals surface area contributed by atoms with Gasteiger partial charge in [-0.05, 0) is 6.92 Å². The molecule has 0 aliphatic heterocycles. The lowest BCUT2D eigenvalue weighted by molar-refractivity contribution is -0.138. The van der Waals surface area contributed by atoms with E-state index >= 15 is 0 Å². The van der Waals surface area contributed by atoms with E-state index in [0.29, 0.717) is 5.56 Å². The van der Waals surface area contributed by atoms with Gasteiger partial charge in [-0.25, -0.2) is 4.79 Å². The molecule has 0 saturated carbocycles. The van der Waals surface area contributed by atoms with Gasteiger partial charge in [0.25, 0.3) is 0 Å². The van der Waals surface area contributed by atoms with Crippen LogP contribution in [0.1, 0.15) is 17.3 Å². The Kier molecular flexibility index (Phi) is 2.91. The second kappa shape index (κ2) is 3.80. The van der Waals surface area contributed by atoms with Crippen LogP contribution in [0, 0.1) is 0 Å². The first-order valence-corrected chi connectivity index (χ1v) is 4.36. The summed E-state index contributed by atoms with van der Waals surface area (Å²) in [6.07, 6.45) is 0. The molecule has 1 atom stereocenters. The monoisotopic (exact) mass is 212 g/mol. The van der Waals surface area contributed by atoms with Gasteiger partial charge >= 0.3 is 5.97 Å². The third kappa shape index (κ3) is 1.93. The smallest absolute Gasteiger partial charge is 0.332 e. The van der Waals surface area contributed by atoms with Gasteiger partial charge in [-0.2, -0.15) is 0 Å². The number of carboxylic acid groups (broad SMARTS) is 1. The van der Waals surface area contributed by atoms with Gasteiger partial charge in [0.2, 0.25) is 4.87 Å². The minimum absolute atomic E-state index is 0.299. The van der Waals surface area contributed by atoms with Crippen molar-refractivity contribution >= 4 is 23.4 Å². The van der Waals surface area contributed by atoms with Crippen LogP contribution in [0.3, 0.4) is 0 Å². The summed E-state index contributed by atoms with van der Waals surface area (Å²) < 4.78 is 0. The summed E-state index contributed by atoms with van der Waals surface area (Å²) >= 11 is 5.61. The van der Waals surface area contributed by atoms with E-state index in [-0.39, 0.29) is 0 Å². The highest BCUT2D eigenvalue weighted by Gasteiger charge is 2.39. The van der Waals surface area contributed by atoms with Crippen molar-refractivity contribution in [1.29, 1.82) is 0 Å². The first-order valence-electron chi connectivity index (χ1n) is 3.98. The molecule has 0 radical (unpaired) electrons. The number of carbonyl (C=O) groups excluding carboxylic acids is 1. The molecule has 0 bridgehead atoms. The SMILES string of the molecule is CC(Cl)(C(=O)O)C(=O)c1ccccc1. The molecule has 1 unspecified atom stereocenters. The van der Waals surface area contributed by atoms with Crippen LogP contribution in [-0.2, 0) is 4.79 Å². The van der Waals surface area contributed by atoms with Crippen molar-refractivity contribution in [2.24, 2.45) is 0 Å². The molecule has 0 aliphatic rings. The molecule has 1 aromatic carbocycles. The van der Waals surface area contributed by atoms with E-state index in [2.05, 4.69) is 0 Å². The number of aliphatic carboxylic acids is 1. The van der Waals surface area contributed by atoms with E-state index in [1.165, 1.54) is 19.1 Å². The highest BCUT2D eigenvalue weighted by atomic mass is 35.5. The number of alkyl halides is 1. The highest BCUT2D eigenvalue weighted by Crippen LogP contribution is 2.20. The number of halogens is 1. The van der Waals surface area contributed by atoms with Crippen LogP contribution in [0.2, 0.25) is 0 Å². The second-order valence-electron chi connectivity index (χ2n) is 3.00. The first-order chi connectivity index (χ1) is 6.46. The zero-order chi connectivity index (χ0) is 10.8. The Morgan fingerprint density at radius 1 is 1.29 bits per heavy atom. The molecule has 0 spiro atoms. The summed E-state index contributed by atoms with van der Waals surface area (Å²) in [5.41, 5.74) is 0.299. The van der Waals surface area contributed by atoms with Crippen LogP contribution in [0.15, 0.2) is 30.3 Å². The molecule has 1 N–H and O–H groups in total. The van der Waals surface area contributed by atoms with Crippen molar-refractivity contribution < 1.29 is 14.7 Å². The van der Waals surface area contributed by atoms with Crippen molar-refractivity contribution in [1.82, 2.24) is 0 Å². The Morgan fingerprint density at radius 2 is 1.79 bits per heavy atom. The van der Waals surface area contributed by atoms with Crippen LogP contribution < -0.4 is 0 Å². The number of Topliss-reactive ketones (excluding diaryl/α,β-unsaturated/α-hetero) is 1. The molecule has 14 heavy (non-hydrogen) atoms. The fraction of sp³-hybridized carbons (Fsp3) is 0.200. The van der Waals surface area contributed by atoms with Crippen LogP contribution in [0.5, 0.6) is 0 Å². The molecule has 0 fully saturated rings. The Bertz CT molecular complexity index is 357. The van der Waals surface area contributed by atoms with E-state index in [1.54, 1.807) is 18.2 Å². The highest BCUT2D eigenvalue weighted by molar-refractivity contribution is 6.47. The molecule has 4 heteroatoms. The summed E-state index contributed by atoms with van der Waals surface area (Å²) in [5.74, 6) is -1.94. The third-order valence-electron chi connectivity index (χ3n) is 1.86. The van der Waals surface area contributed by atoms with E-state index in [1.807, 2.05) is 0 Å². The topological polar surface area (TPSA) is 54.4 Å².